The van der Waals surface area contributed by atoms with Gasteiger partial charge in [0.2, 0.25) is 0 Å². The number of hydrogen-bond donors (Lipinski definition) is 1. The van der Waals surface area contributed by atoms with Crippen LogP contribution in [-0.2, 0) is 16.4 Å². The summed E-state index contributed by atoms with van der Waals surface area (Å²) in [7, 11) is -2.91. The molecule has 0 saturated heterocycles. The van der Waals surface area contributed by atoms with E-state index in [0.29, 0.717) is 19.1 Å². The van der Waals surface area contributed by atoms with Crippen molar-refractivity contribution in [2.24, 2.45) is 0 Å². The van der Waals surface area contributed by atoms with Gasteiger partial charge in [-0.2, -0.15) is 0 Å². The molecule has 5 heteroatoms. The monoisotopic (exact) mass is 313 g/mol. The van der Waals surface area contributed by atoms with Gasteiger partial charge >= 0.3 is 0 Å². The Morgan fingerprint density at radius 1 is 1.29 bits per heavy atom. The predicted molar refractivity (Wildman–Crippen MR) is 87.6 cm³/mol. The first-order chi connectivity index (χ1) is 9.85. The van der Waals surface area contributed by atoms with Crippen molar-refractivity contribution in [2.45, 2.75) is 46.7 Å². The van der Waals surface area contributed by atoms with Crippen molar-refractivity contribution in [3.05, 3.63) is 29.3 Å². The number of sulfone groups is 1. The van der Waals surface area contributed by atoms with Crippen molar-refractivity contribution in [2.75, 3.05) is 18.1 Å². The number of aryl methyl sites for hydroxylation is 1. The molecule has 0 amide bonds. The fraction of sp³-hybridized carbons (Fsp3) is 0.625. The van der Waals surface area contributed by atoms with Crippen LogP contribution in [0, 0.1) is 6.92 Å². The van der Waals surface area contributed by atoms with Crippen LogP contribution in [-0.4, -0.2) is 32.6 Å². The van der Waals surface area contributed by atoms with E-state index in [1.807, 2.05) is 25.1 Å². The topological polar surface area (TPSA) is 55.4 Å². The highest BCUT2D eigenvalue weighted by atomic mass is 32.2. The van der Waals surface area contributed by atoms with Gasteiger partial charge in [0.25, 0.3) is 0 Å². The molecule has 1 aromatic carbocycles. The summed E-state index contributed by atoms with van der Waals surface area (Å²) in [5.74, 6) is 1.26. The molecular formula is C16H27NO3S. The van der Waals surface area contributed by atoms with Crippen LogP contribution in [0.1, 0.15) is 38.3 Å². The molecule has 0 aliphatic carbocycles. The van der Waals surface area contributed by atoms with Gasteiger partial charge in [-0.1, -0.05) is 39.0 Å². The fourth-order valence-corrected chi connectivity index (χ4v) is 2.82. The predicted octanol–water partition coefficient (Wildman–Crippen LogP) is 2.70. The second-order valence-electron chi connectivity index (χ2n) is 5.54. The number of benzene rings is 1. The van der Waals surface area contributed by atoms with Crippen LogP contribution >= 0.6 is 0 Å². The highest BCUT2D eigenvalue weighted by Gasteiger charge is 2.10. The first kappa shape index (κ1) is 18.0. The molecule has 0 saturated carbocycles. The summed E-state index contributed by atoms with van der Waals surface area (Å²) in [6.07, 6.45) is 0.529. The van der Waals surface area contributed by atoms with E-state index in [2.05, 4.69) is 19.2 Å². The zero-order valence-corrected chi connectivity index (χ0v) is 14.3. The summed E-state index contributed by atoms with van der Waals surface area (Å²) >= 11 is 0. The van der Waals surface area contributed by atoms with E-state index in [0.717, 1.165) is 23.4 Å². The molecule has 0 bridgehead atoms. The van der Waals surface area contributed by atoms with Gasteiger partial charge in [0, 0.05) is 23.9 Å². The molecule has 0 aromatic heterocycles. The number of hydrogen-bond acceptors (Lipinski definition) is 4. The Kier molecular flexibility index (Phi) is 7.18. The molecule has 0 aliphatic rings. The van der Waals surface area contributed by atoms with Gasteiger partial charge in [-0.25, -0.2) is 8.42 Å². The quantitative estimate of drug-likeness (QED) is 0.712. The Balaban J connectivity index is 2.61. The Morgan fingerprint density at radius 3 is 2.62 bits per heavy atom. The number of nitrogens with one attached hydrogen (secondary N) is 1. The van der Waals surface area contributed by atoms with Crippen LogP contribution in [0.2, 0.25) is 0 Å². The maximum Gasteiger partial charge on any atom is 0.150 e. The van der Waals surface area contributed by atoms with Crippen LogP contribution in [0.5, 0.6) is 5.75 Å². The minimum absolute atomic E-state index is 0.189. The molecule has 0 atom stereocenters. The van der Waals surface area contributed by atoms with Crippen LogP contribution in [0.4, 0.5) is 0 Å². The molecule has 1 aromatic rings. The third kappa shape index (κ3) is 6.48. The average Bonchev–Trinajstić information content (AvgIpc) is 2.43. The van der Waals surface area contributed by atoms with Gasteiger partial charge < -0.3 is 10.1 Å². The van der Waals surface area contributed by atoms with Crippen LogP contribution < -0.4 is 10.1 Å². The molecule has 0 heterocycles. The Hall–Kier alpha value is -1.07. The molecule has 120 valence electrons. The number of para-hydroxylation sites is 1. The van der Waals surface area contributed by atoms with E-state index in [9.17, 15) is 8.42 Å². The van der Waals surface area contributed by atoms with Crippen molar-refractivity contribution >= 4 is 9.84 Å². The van der Waals surface area contributed by atoms with Crippen molar-refractivity contribution in [3.63, 3.8) is 0 Å². The second-order valence-corrected chi connectivity index (χ2v) is 8.01. The Bertz CT molecular complexity index is 538. The molecule has 1 N–H and O–H groups in total. The molecule has 0 unspecified atom stereocenters. The summed E-state index contributed by atoms with van der Waals surface area (Å²) in [6, 6.07) is 6.48. The molecule has 0 aliphatic heterocycles. The largest absolute Gasteiger partial charge is 0.493 e. The second kappa shape index (κ2) is 8.39. The summed E-state index contributed by atoms with van der Waals surface area (Å²) in [5.41, 5.74) is 2.19. The first-order valence-corrected chi connectivity index (χ1v) is 9.33. The van der Waals surface area contributed by atoms with Crippen molar-refractivity contribution < 1.29 is 13.2 Å². The lowest BCUT2D eigenvalue weighted by Gasteiger charge is -2.16. The third-order valence-corrected chi connectivity index (χ3v) is 5.07. The van der Waals surface area contributed by atoms with Gasteiger partial charge in [-0.05, 0) is 18.9 Å². The molecule has 4 nitrogen and oxygen atoms in total. The van der Waals surface area contributed by atoms with Gasteiger partial charge in [-0.15, -0.1) is 0 Å². The molecule has 21 heavy (non-hydrogen) atoms. The summed E-state index contributed by atoms with van der Waals surface area (Å²) in [6.45, 7) is 9.07. The molecule has 0 radical (unpaired) electrons. The van der Waals surface area contributed by atoms with Crippen LogP contribution in [0.15, 0.2) is 18.2 Å². The van der Waals surface area contributed by atoms with E-state index in [1.54, 1.807) is 6.92 Å². The van der Waals surface area contributed by atoms with Gasteiger partial charge in [0.15, 0.2) is 0 Å². The van der Waals surface area contributed by atoms with E-state index < -0.39 is 9.84 Å². The standard InChI is InChI=1S/C16H27NO3S/c1-5-21(18,19)11-7-10-20-16-14(4)8-6-9-15(16)12-17-13(2)3/h6,8-9,13,17H,5,7,10-12H2,1-4H3. The zero-order chi connectivity index (χ0) is 15.9. The van der Waals surface area contributed by atoms with E-state index in [-0.39, 0.29) is 11.5 Å². The maximum atomic E-state index is 11.5. The lowest BCUT2D eigenvalue weighted by Crippen LogP contribution is -2.22. The average molecular weight is 313 g/mol. The Labute approximate surface area is 128 Å². The summed E-state index contributed by atoms with van der Waals surface area (Å²) in [4.78, 5) is 0. The van der Waals surface area contributed by atoms with E-state index >= 15 is 0 Å². The lowest BCUT2D eigenvalue weighted by atomic mass is 10.1. The number of ether oxygens (including phenoxy) is 1. The van der Waals surface area contributed by atoms with Crippen LogP contribution in [0.25, 0.3) is 0 Å². The summed E-state index contributed by atoms with van der Waals surface area (Å²) < 4.78 is 28.7. The number of rotatable bonds is 9. The minimum atomic E-state index is -2.91. The van der Waals surface area contributed by atoms with Gasteiger partial charge in [0.05, 0.1) is 12.4 Å². The molecular weight excluding hydrogens is 286 g/mol. The fourth-order valence-electron chi connectivity index (χ4n) is 1.97. The van der Waals surface area contributed by atoms with Gasteiger partial charge in [0.1, 0.15) is 15.6 Å². The third-order valence-electron chi connectivity index (χ3n) is 3.28. The lowest BCUT2D eigenvalue weighted by molar-refractivity contribution is 0.311. The van der Waals surface area contributed by atoms with Crippen molar-refractivity contribution in [1.29, 1.82) is 0 Å². The minimum Gasteiger partial charge on any atom is -0.493 e. The van der Waals surface area contributed by atoms with Crippen molar-refractivity contribution in [3.8, 4) is 5.75 Å². The first-order valence-electron chi connectivity index (χ1n) is 7.51. The maximum absolute atomic E-state index is 11.5. The molecule has 0 fully saturated rings. The van der Waals surface area contributed by atoms with Gasteiger partial charge in [-0.3, -0.25) is 0 Å². The van der Waals surface area contributed by atoms with Crippen LogP contribution in [0.3, 0.4) is 0 Å². The van der Waals surface area contributed by atoms with Crippen molar-refractivity contribution in [1.82, 2.24) is 5.32 Å². The molecule has 0 spiro atoms. The Morgan fingerprint density at radius 2 is 2.00 bits per heavy atom. The summed E-state index contributed by atoms with van der Waals surface area (Å²) in [5, 5.41) is 3.38. The highest BCUT2D eigenvalue weighted by molar-refractivity contribution is 7.91. The normalized spacial score (nSPS) is 11.9. The highest BCUT2D eigenvalue weighted by Crippen LogP contribution is 2.23. The zero-order valence-electron chi connectivity index (χ0n) is 13.5. The van der Waals surface area contributed by atoms with E-state index in [1.165, 1.54) is 0 Å². The smallest absolute Gasteiger partial charge is 0.150 e. The SMILES string of the molecule is CCS(=O)(=O)CCCOc1c(C)cccc1CNC(C)C. The van der Waals surface area contributed by atoms with E-state index in [4.69, 9.17) is 4.74 Å². The molecule has 1 rings (SSSR count).